The molecule has 6 nitrogen and oxygen atoms in total. The molecule has 122 valence electrons. The fraction of sp³-hybridized carbons (Fsp3) is 0.412. The number of fused-ring (bicyclic) bond motifs is 1. The first kappa shape index (κ1) is 15.6. The van der Waals surface area contributed by atoms with E-state index >= 15 is 0 Å². The number of nitrogens with one attached hydrogen (secondary N) is 1. The summed E-state index contributed by atoms with van der Waals surface area (Å²) in [4.78, 5) is 10.9. The molecule has 23 heavy (non-hydrogen) atoms. The lowest BCUT2D eigenvalue weighted by Crippen LogP contribution is -2.31. The average molecular weight is 314 g/mol. The summed E-state index contributed by atoms with van der Waals surface area (Å²) in [5.74, 6) is 2.63. The highest BCUT2D eigenvalue weighted by molar-refractivity contribution is 5.51. The number of methoxy groups -OCH3 is 1. The molecule has 0 unspecified atom stereocenters. The van der Waals surface area contributed by atoms with Crippen LogP contribution in [0.3, 0.4) is 0 Å². The Bertz CT molecular complexity index is 663. The van der Waals surface area contributed by atoms with Crippen LogP contribution < -0.4 is 15.0 Å². The molecule has 1 aromatic heterocycles. The van der Waals surface area contributed by atoms with E-state index < -0.39 is 0 Å². The Balaban J connectivity index is 1.71. The summed E-state index contributed by atoms with van der Waals surface area (Å²) >= 11 is 0. The molecule has 2 heterocycles. The highest BCUT2D eigenvalue weighted by atomic mass is 16.5. The zero-order chi connectivity index (χ0) is 16.1. The number of hydrogen-bond donors (Lipinski definition) is 2. The van der Waals surface area contributed by atoms with Gasteiger partial charge < -0.3 is 20.1 Å². The number of aromatic nitrogens is 2. The SMILES string of the molecule is COc1ccc2c(c1)CCN(c1cc(NCCCO)ncn1)C2. The smallest absolute Gasteiger partial charge is 0.134 e. The molecule has 1 aliphatic rings. The predicted molar refractivity (Wildman–Crippen MR) is 90.0 cm³/mol. The Morgan fingerprint density at radius 1 is 1.26 bits per heavy atom. The van der Waals surface area contributed by atoms with Gasteiger partial charge >= 0.3 is 0 Å². The van der Waals surface area contributed by atoms with Crippen LogP contribution >= 0.6 is 0 Å². The van der Waals surface area contributed by atoms with Crippen LogP contribution in [-0.2, 0) is 13.0 Å². The van der Waals surface area contributed by atoms with Crippen LogP contribution in [0.5, 0.6) is 5.75 Å². The van der Waals surface area contributed by atoms with Crippen molar-refractivity contribution in [2.24, 2.45) is 0 Å². The predicted octanol–water partition coefficient (Wildman–Crippen LogP) is 1.84. The molecule has 0 spiro atoms. The number of rotatable bonds is 6. The van der Waals surface area contributed by atoms with Gasteiger partial charge in [-0.25, -0.2) is 9.97 Å². The van der Waals surface area contributed by atoms with Gasteiger partial charge in [0.1, 0.15) is 23.7 Å². The third kappa shape index (κ3) is 3.71. The van der Waals surface area contributed by atoms with Gasteiger partial charge in [-0.1, -0.05) is 6.07 Å². The molecule has 1 aromatic carbocycles. The van der Waals surface area contributed by atoms with Crippen molar-refractivity contribution in [3.63, 3.8) is 0 Å². The van der Waals surface area contributed by atoms with E-state index in [-0.39, 0.29) is 6.61 Å². The van der Waals surface area contributed by atoms with Gasteiger partial charge in [-0.2, -0.15) is 0 Å². The van der Waals surface area contributed by atoms with Crippen LogP contribution in [0.25, 0.3) is 0 Å². The van der Waals surface area contributed by atoms with E-state index in [1.807, 2.05) is 12.1 Å². The van der Waals surface area contributed by atoms with Gasteiger partial charge in [-0.15, -0.1) is 0 Å². The Morgan fingerprint density at radius 3 is 3.00 bits per heavy atom. The van der Waals surface area contributed by atoms with E-state index in [0.29, 0.717) is 13.0 Å². The summed E-state index contributed by atoms with van der Waals surface area (Å²) < 4.78 is 5.29. The molecule has 2 N–H and O–H groups in total. The maximum absolute atomic E-state index is 8.84. The van der Waals surface area contributed by atoms with Crippen LogP contribution in [0.15, 0.2) is 30.6 Å². The summed E-state index contributed by atoms with van der Waals surface area (Å²) in [7, 11) is 1.70. The zero-order valence-electron chi connectivity index (χ0n) is 13.3. The van der Waals surface area contributed by atoms with Crippen molar-refractivity contribution in [2.75, 3.05) is 37.0 Å². The lowest BCUT2D eigenvalue weighted by Gasteiger charge is -2.30. The largest absolute Gasteiger partial charge is 0.497 e. The van der Waals surface area contributed by atoms with E-state index in [1.54, 1.807) is 13.4 Å². The number of aliphatic hydroxyl groups is 1. The van der Waals surface area contributed by atoms with Crippen molar-refractivity contribution in [3.8, 4) is 5.75 Å². The minimum Gasteiger partial charge on any atom is -0.497 e. The number of anilines is 2. The van der Waals surface area contributed by atoms with Gasteiger partial charge in [-0.05, 0) is 36.1 Å². The average Bonchev–Trinajstić information content (AvgIpc) is 2.61. The third-order valence-corrected chi connectivity index (χ3v) is 4.04. The van der Waals surface area contributed by atoms with E-state index in [2.05, 4.69) is 32.3 Å². The molecule has 0 fully saturated rings. The van der Waals surface area contributed by atoms with E-state index in [0.717, 1.165) is 36.9 Å². The molecule has 6 heteroatoms. The fourth-order valence-electron chi connectivity index (χ4n) is 2.76. The van der Waals surface area contributed by atoms with Gasteiger partial charge in [0.05, 0.1) is 7.11 Å². The van der Waals surface area contributed by atoms with Gasteiger partial charge in [-0.3, -0.25) is 0 Å². The molecule has 0 radical (unpaired) electrons. The molecule has 0 saturated heterocycles. The van der Waals surface area contributed by atoms with Gasteiger partial charge in [0, 0.05) is 32.3 Å². The van der Waals surface area contributed by atoms with Gasteiger partial charge in [0.2, 0.25) is 0 Å². The molecule has 0 bridgehead atoms. The van der Waals surface area contributed by atoms with Crippen molar-refractivity contribution in [1.82, 2.24) is 9.97 Å². The first-order valence-electron chi connectivity index (χ1n) is 7.87. The van der Waals surface area contributed by atoms with Gasteiger partial charge in [0.15, 0.2) is 0 Å². The second kappa shape index (κ2) is 7.28. The normalized spacial score (nSPS) is 13.6. The molecule has 0 aliphatic carbocycles. The highest BCUT2D eigenvalue weighted by Crippen LogP contribution is 2.26. The Kier molecular flexibility index (Phi) is 4.92. The monoisotopic (exact) mass is 314 g/mol. The second-order valence-corrected chi connectivity index (χ2v) is 5.57. The van der Waals surface area contributed by atoms with Crippen molar-refractivity contribution >= 4 is 11.6 Å². The number of benzene rings is 1. The molecular formula is C17H22N4O2. The lowest BCUT2D eigenvalue weighted by atomic mass is 9.99. The molecule has 2 aromatic rings. The van der Waals surface area contributed by atoms with Crippen LogP contribution in [0, 0.1) is 0 Å². The Labute approximate surface area is 136 Å². The zero-order valence-corrected chi connectivity index (χ0v) is 13.3. The molecule has 0 saturated carbocycles. The quantitative estimate of drug-likeness (QED) is 0.793. The maximum atomic E-state index is 8.84. The molecule has 0 atom stereocenters. The number of nitrogens with zero attached hydrogens (tertiary/aromatic N) is 3. The minimum absolute atomic E-state index is 0.178. The number of hydrogen-bond acceptors (Lipinski definition) is 6. The van der Waals surface area contributed by atoms with Crippen LogP contribution in [0.1, 0.15) is 17.5 Å². The molecular weight excluding hydrogens is 292 g/mol. The summed E-state index contributed by atoms with van der Waals surface area (Å²) in [5, 5.41) is 12.0. The topological polar surface area (TPSA) is 70.5 Å². The highest BCUT2D eigenvalue weighted by Gasteiger charge is 2.18. The summed E-state index contributed by atoms with van der Waals surface area (Å²) in [5.41, 5.74) is 2.65. The van der Waals surface area contributed by atoms with E-state index in [9.17, 15) is 0 Å². The van der Waals surface area contributed by atoms with Crippen molar-refractivity contribution in [2.45, 2.75) is 19.4 Å². The maximum Gasteiger partial charge on any atom is 0.134 e. The molecule has 0 amide bonds. The van der Waals surface area contributed by atoms with Gasteiger partial charge in [0.25, 0.3) is 0 Å². The molecule has 1 aliphatic heterocycles. The van der Waals surface area contributed by atoms with E-state index in [4.69, 9.17) is 9.84 Å². The minimum atomic E-state index is 0.178. The summed E-state index contributed by atoms with van der Waals surface area (Å²) in [6.45, 7) is 2.65. The fourth-order valence-corrected chi connectivity index (χ4v) is 2.76. The van der Waals surface area contributed by atoms with Crippen LogP contribution in [-0.4, -0.2) is 41.9 Å². The first-order valence-corrected chi connectivity index (χ1v) is 7.87. The number of aliphatic hydroxyl groups excluding tert-OH is 1. The van der Waals surface area contributed by atoms with Crippen LogP contribution in [0.4, 0.5) is 11.6 Å². The lowest BCUT2D eigenvalue weighted by molar-refractivity contribution is 0.292. The Morgan fingerprint density at radius 2 is 2.17 bits per heavy atom. The third-order valence-electron chi connectivity index (χ3n) is 4.04. The number of ether oxygens (including phenoxy) is 1. The van der Waals surface area contributed by atoms with Crippen molar-refractivity contribution in [1.29, 1.82) is 0 Å². The molecule has 3 rings (SSSR count). The Hall–Kier alpha value is -2.34. The summed E-state index contributed by atoms with van der Waals surface area (Å²) in [6.07, 6.45) is 3.27. The summed E-state index contributed by atoms with van der Waals surface area (Å²) in [6, 6.07) is 8.21. The second-order valence-electron chi connectivity index (χ2n) is 5.57. The first-order chi connectivity index (χ1) is 11.3. The van der Waals surface area contributed by atoms with E-state index in [1.165, 1.54) is 11.1 Å². The van der Waals surface area contributed by atoms with Crippen molar-refractivity contribution < 1.29 is 9.84 Å². The standard InChI is InChI=1S/C17H22N4O2/c1-23-15-4-3-14-11-21(7-5-13(14)9-15)17-10-16(19-12-20-17)18-6-2-8-22/h3-4,9-10,12,22H,2,5-8,11H2,1H3,(H,18,19,20). The van der Waals surface area contributed by atoms with Crippen LogP contribution in [0.2, 0.25) is 0 Å². The van der Waals surface area contributed by atoms with Crippen molar-refractivity contribution in [3.05, 3.63) is 41.7 Å².